The van der Waals surface area contributed by atoms with Crippen LogP contribution in [0, 0.1) is 0 Å². The van der Waals surface area contributed by atoms with Crippen LogP contribution in [-0.2, 0) is 0 Å². The molecule has 0 saturated heterocycles. The molecule has 20 heavy (non-hydrogen) atoms. The molecular formula is C15H12ClN3O. The van der Waals surface area contributed by atoms with E-state index in [1.807, 2.05) is 48.5 Å². The number of hydrogen-bond donors (Lipinski definition) is 2. The second-order valence-corrected chi connectivity index (χ2v) is 4.69. The molecule has 1 aromatic heterocycles. The van der Waals surface area contributed by atoms with Crippen molar-refractivity contribution in [3.8, 4) is 5.69 Å². The van der Waals surface area contributed by atoms with E-state index in [1.165, 1.54) is 10.7 Å². The molecule has 100 valence electrons. The normalized spacial score (nSPS) is 10.4. The second-order valence-electron chi connectivity index (χ2n) is 4.28. The number of H-pyrrole nitrogens is 1. The molecule has 0 radical (unpaired) electrons. The Hall–Kier alpha value is -2.46. The van der Waals surface area contributed by atoms with Crippen molar-refractivity contribution in [2.45, 2.75) is 0 Å². The van der Waals surface area contributed by atoms with Gasteiger partial charge in [-0.1, -0.05) is 41.9 Å². The topological polar surface area (TPSA) is 49.8 Å². The van der Waals surface area contributed by atoms with E-state index >= 15 is 0 Å². The minimum Gasteiger partial charge on any atom is -0.339 e. The van der Waals surface area contributed by atoms with E-state index in [9.17, 15) is 4.79 Å². The number of halogens is 1. The molecular weight excluding hydrogens is 274 g/mol. The lowest BCUT2D eigenvalue weighted by Crippen LogP contribution is -2.12. The number of nitrogens with zero attached hydrogens (tertiary/aromatic N) is 1. The fourth-order valence-corrected chi connectivity index (χ4v) is 2.12. The van der Waals surface area contributed by atoms with Crippen molar-refractivity contribution < 1.29 is 0 Å². The summed E-state index contributed by atoms with van der Waals surface area (Å²) in [6, 6.07) is 18.2. The number of para-hydroxylation sites is 2. The van der Waals surface area contributed by atoms with Gasteiger partial charge in [0.1, 0.15) is 5.82 Å². The van der Waals surface area contributed by atoms with E-state index < -0.39 is 0 Å². The van der Waals surface area contributed by atoms with E-state index in [4.69, 9.17) is 11.6 Å². The zero-order chi connectivity index (χ0) is 13.9. The van der Waals surface area contributed by atoms with Gasteiger partial charge in [-0.05, 0) is 24.3 Å². The molecule has 0 aliphatic heterocycles. The molecule has 3 rings (SSSR count). The Bertz CT molecular complexity index is 777. The zero-order valence-corrected chi connectivity index (χ0v) is 11.3. The molecule has 5 heteroatoms. The number of hydrogen-bond acceptors (Lipinski definition) is 2. The summed E-state index contributed by atoms with van der Waals surface area (Å²) in [4.78, 5) is 12.0. The minimum absolute atomic E-state index is 0.134. The molecule has 0 atom stereocenters. The van der Waals surface area contributed by atoms with Crippen LogP contribution in [0.25, 0.3) is 5.69 Å². The van der Waals surface area contributed by atoms with Gasteiger partial charge in [-0.25, -0.2) is 4.68 Å². The van der Waals surface area contributed by atoms with Crippen molar-refractivity contribution in [1.82, 2.24) is 9.78 Å². The van der Waals surface area contributed by atoms with Crippen LogP contribution < -0.4 is 10.9 Å². The summed E-state index contributed by atoms with van der Waals surface area (Å²) in [7, 11) is 0. The van der Waals surface area contributed by atoms with Gasteiger partial charge in [0.15, 0.2) is 0 Å². The van der Waals surface area contributed by atoms with Crippen LogP contribution in [0.3, 0.4) is 0 Å². The molecule has 4 nitrogen and oxygen atoms in total. The highest BCUT2D eigenvalue weighted by molar-refractivity contribution is 6.33. The largest absolute Gasteiger partial charge is 0.339 e. The van der Waals surface area contributed by atoms with Crippen molar-refractivity contribution in [2.75, 3.05) is 5.32 Å². The summed E-state index contributed by atoms with van der Waals surface area (Å²) in [6.07, 6.45) is 0. The quantitative estimate of drug-likeness (QED) is 0.773. The lowest BCUT2D eigenvalue weighted by Gasteiger charge is -2.06. The first kappa shape index (κ1) is 12.6. The second kappa shape index (κ2) is 5.27. The molecule has 0 aliphatic carbocycles. The average molecular weight is 286 g/mol. The summed E-state index contributed by atoms with van der Waals surface area (Å²) in [5, 5.41) is 6.70. The Kier molecular flexibility index (Phi) is 3.31. The van der Waals surface area contributed by atoms with Crippen LogP contribution in [0.15, 0.2) is 65.5 Å². The Morgan fingerprint density at radius 2 is 1.70 bits per heavy atom. The maximum absolute atomic E-state index is 12.0. The summed E-state index contributed by atoms with van der Waals surface area (Å²) >= 11 is 6.08. The van der Waals surface area contributed by atoms with Crippen molar-refractivity contribution in [3.05, 3.63) is 76.0 Å². The molecule has 1 heterocycles. The standard InChI is InChI=1S/C15H12ClN3O/c16-12-8-4-5-9-13(12)17-14-10-15(20)19(18-14)11-6-2-1-3-7-11/h1-10,17-18H. The van der Waals surface area contributed by atoms with Crippen molar-refractivity contribution >= 4 is 23.1 Å². The van der Waals surface area contributed by atoms with Crippen LogP contribution in [0.1, 0.15) is 0 Å². The van der Waals surface area contributed by atoms with Gasteiger partial charge in [0.2, 0.25) is 0 Å². The van der Waals surface area contributed by atoms with Gasteiger partial charge in [-0.3, -0.25) is 9.89 Å². The third-order valence-electron chi connectivity index (χ3n) is 2.88. The molecule has 0 amide bonds. The highest BCUT2D eigenvalue weighted by Gasteiger charge is 2.06. The predicted molar refractivity (Wildman–Crippen MR) is 81.1 cm³/mol. The Balaban J connectivity index is 1.94. The van der Waals surface area contributed by atoms with Gasteiger partial charge in [0, 0.05) is 6.07 Å². The monoisotopic (exact) mass is 285 g/mol. The highest BCUT2D eigenvalue weighted by Crippen LogP contribution is 2.23. The molecule has 0 fully saturated rings. The third kappa shape index (κ3) is 2.46. The maximum Gasteiger partial charge on any atom is 0.273 e. The minimum atomic E-state index is -0.134. The van der Waals surface area contributed by atoms with Crippen molar-refractivity contribution in [1.29, 1.82) is 0 Å². The first-order valence-electron chi connectivity index (χ1n) is 6.13. The van der Waals surface area contributed by atoms with Gasteiger partial charge in [-0.2, -0.15) is 0 Å². The average Bonchev–Trinajstić information content (AvgIpc) is 2.83. The van der Waals surface area contributed by atoms with Crippen molar-refractivity contribution in [2.24, 2.45) is 0 Å². The molecule has 3 aromatic rings. The van der Waals surface area contributed by atoms with Crippen LogP contribution in [0.5, 0.6) is 0 Å². The molecule has 0 saturated carbocycles. The lowest BCUT2D eigenvalue weighted by atomic mass is 10.3. The fourth-order valence-electron chi connectivity index (χ4n) is 1.94. The summed E-state index contributed by atoms with van der Waals surface area (Å²) in [5.74, 6) is 0.590. The zero-order valence-electron chi connectivity index (χ0n) is 10.5. The first-order valence-corrected chi connectivity index (χ1v) is 6.51. The van der Waals surface area contributed by atoms with E-state index in [1.54, 1.807) is 6.07 Å². The summed E-state index contributed by atoms with van der Waals surface area (Å²) < 4.78 is 1.47. The number of benzene rings is 2. The molecule has 2 aromatic carbocycles. The predicted octanol–water partition coefficient (Wildman–Crippen LogP) is 3.56. The van der Waals surface area contributed by atoms with E-state index in [2.05, 4.69) is 10.4 Å². The van der Waals surface area contributed by atoms with Gasteiger partial charge in [0.05, 0.1) is 16.4 Å². The van der Waals surface area contributed by atoms with E-state index in [0.29, 0.717) is 10.8 Å². The van der Waals surface area contributed by atoms with Crippen LogP contribution in [0.4, 0.5) is 11.5 Å². The maximum atomic E-state index is 12.0. The smallest absolute Gasteiger partial charge is 0.273 e. The lowest BCUT2D eigenvalue weighted by molar-refractivity contribution is 0.853. The Labute approximate surface area is 120 Å². The summed E-state index contributed by atoms with van der Waals surface area (Å²) in [5.41, 5.74) is 1.39. The number of anilines is 2. The SMILES string of the molecule is O=c1cc(Nc2ccccc2Cl)[nH]n1-c1ccccc1. The van der Waals surface area contributed by atoms with Crippen LogP contribution >= 0.6 is 11.6 Å². The van der Waals surface area contributed by atoms with E-state index in [-0.39, 0.29) is 5.56 Å². The summed E-state index contributed by atoms with van der Waals surface area (Å²) in [6.45, 7) is 0. The molecule has 0 bridgehead atoms. The van der Waals surface area contributed by atoms with Gasteiger partial charge in [0.25, 0.3) is 5.56 Å². The fraction of sp³-hybridized carbons (Fsp3) is 0. The van der Waals surface area contributed by atoms with Crippen LogP contribution in [0.2, 0.25) is 5.02 Å². The molecule has 0 unspecified atom stereocenters. The van der Waals surface area contributed by atoms with Crippen molar-refractivity contribution in [3.63, 3.8) is 0 Å². The Morgan fingerprint density at radius 3 is 2.45 bits per heavy atom. The molecule has 2 N–H and O–H groups in total. The van der Waals surface area contributed by atoms with E-state index in [0.717, 1.165) is 11.4 Å². The van der Waals surface area contributed by atoms with Crippen LogP contribution in [-0.4, -0.2) is 9.78 Å². The van der Waals surface area contributed by atoms with Gasteiger partial charge < -0.3 is 5.32 Å². The highest BCUT2D eigenvalue weighted by atomic mass is 35.5. The number of rotatable bonds is 3. The number of nitrogens with one attached hydrogen (secondary N) is 2. The molecule has 0 aliphatic rings. The van der Waals surface area contributed by atoms with Gasteiger partial charge >= 0.3 is 0 Å². The first-order chi connectivity index (χ1) is 9.74. The third-order valence-corrected chi connectivity index (χ3v) is 3.21. The Morgan fingerprint density at radius 1 is 1.00 bits per heavy atom. The van der Waals surface area contributed by atoms with Gasteiger partial charge in [-0.15, -0.1) is 0 Å². The molecule has 0 spiro atoms. The number of aromatic amines is 1. The number of aromatic nitrogens is 2.